The van der Waals surface area contributed by atoms with E-state index in [1.165, 1.54) is 0 Å². The van der Waals surface area contributed by atoms with E-state index in [-0.39, 0.29) is 0 Å². The van der Waals surface area contributed by atoms with Crippen molar-refractivity contribution in [1.82, 2.24) is 14.5 Å². The molecular formula is C15H21N3O. The largest absolute Gasteiger partial charge is 0.381 e. The molecule has 0 radical (unpaired) electrons. The van der Waals surface area contributed by atoms with Crippen LogP contribution in [0.25, 0.3) is 11.2 Å². The van der Waals surface area contributed by atoms with Gasteiger partial charge in [0.05, 0.1) is 6.61 Å². The minimum absolute atomic E-state index is 0.602. The maximum Gasteiger partial charge on any atom is 0.159 e. The van der Waals surface area contributed by atoms with Crippen molar-refractivity contribution >= 4 is 11.2 Å². The second-order valence-electron chi connectivity index (χ2n) is 5.81. The summed E-state index contributed by atoms with van der Waals surface area (Å²) in [6.45, 7) is 7.21. The lowest BCUT2D eigenvalue weighted by molar-refractivity contribution is 0.182. The highest BCUT2D eigenvalue weighted by Crippen LogP contribution is 2.21. The molecule has 1 atom stereocenters. The van der Waals surface area contributed by atoms with E-state index < -0.39 is 0 Å². The fraction of sp³-hybridized carbons (Fsp3) is 0.600. The number of ether oxygens (including phenoxy) is 1. The van der Waals surface area contributed by atoms with E-state index in [2.05, 4.69) is 23.4 Å². The Morgan fingerprint density at radius 1 is 1.47 bits per heavy atom. The standard InChI is InChI=1S/C15H21N3O/c1-11(2)8-14-17-13-4-3-6-16-15(13)18(14)9-12-5-7-19-10-12/h3-4,6,11-12H,5,7-10H2,1-2H3. The van der Waals surface area contributed by atoms with Crippen LogP contribution in [0.5, 0.6) is 0 Å². The average molecular weight is 259 g/mol. The van der Waals surface area contributed by atoms with Gasteiger partial charge in [-0.25, -0.2) is 9.97 Å². The summed E-state index contributed by atoms with van der Waals surface area (Å²) in [5.41, 5.74) is 2.03. The Morgan fingerprint density at radius 2 is 2.37 bits per heavy atom. The van der Waals surface area contributed by atoms with Gasteiger partial charge >= 0.3 is 0 Å². The zero-order valence-corrected chi connectivity index (χ0v) is 11.7. The van der Waals surface area contributed by atoms with E-state index >= 15 is 0 Å². The Labute approximate surface area is 113 Å². The first-order valence-electron chi connectivity index (χ1n) is 7.12. The van der Waals surface area contributed by atoms with Gasteiger partial charge < -0.3 is 9.30 Å². The number of nitrogens with zero attached hydrogens (tertiary/aromatic N) is 3. The molecule has 0 spiro atoms. The third kappa shape index (κ3) is 2.63. The van der Waals surface area contributed by atoms with Crippen LogP contribution >= 0.6 is 0 Å². The molecule has 2 aromatic heterocycles. The Morgan fingerprint density at radius 3 is 3.11 bits per heavy atom. The van der Waals surface area contributed by atoms with Gasteiger partial charge in [0, 0.05) is 31.7 Å². The summed E-state index contributed by atoms with van der Waals surface area (Å²) < 4.78 is 7.79. The zero-order chi connectivity index (χ0) is 13.2. The zero-order valence-electron chi connectivity index (χ0n) is 11.7. The molecule has 2 aromatic rings. The number of hydrogen-bond donors (Lipinski definition) is 0. The van der Waals surface area contributed by atoms with E-state index in [4.69, 9.17) is 9.72 Å². The highest BCUT2D eigenvalue weighted by Gasteiger charge is 2.20. The molecule has 0 N–H and O–H groups in total. The molecule has 3 rings (SSSR count). The summed E-state index contributed by atoms with van der Waals surface area (Å²) in [5, 5.41) is 0. The third-order valence-electron chi connectivity index (χ3n) is 3.64. The smallest absolute Gasteiger partial charge is 0.159 e. The van der Waals surface area contributed by atoms with Gasteiger partial charge in [-0.05, 0) is 24.5 Å². The number of aromatic nitrogens is 3. The molecule has 4 nitrogen and oxygen atoms in total. The monoisotopic (exact) mass is 259 g/mol. The Kier molecular flexibility index (Phi) is 3.51. The number of hydrogen-bond acceptors (Lipinski definition) is 3. The molecule has 19 heavy (non-hydrogen) atoms. The average Bonchev–Trinajstić information content (AvgIpc) is 2.99. The Hall–Kier alpha value is -1.42. The van der Waals surface area contributed by atoms with Crippen LogP contribution in [0.1, 0.15) is 26.1 Å². The lowest BCUT2D eigenvalue weighted by atomic mass is 10.1. The fourth-order valence-corrected chi connectivity index (χ4v) is 2.70. The first kappa shape index (κ1) is 12.6. The first-order chi connectivity index (χ1) is 9.24. The molecule has 0 saturated carbocycles. The summed E-state index contributed by atoms with van der Waals surface area (Å²) >= 11 is 0. The van der Waals surface area contributed by atoms with Gasteiger partial charge in [0.2, 0.25) is 0 Å². The summed E-state index contributed by atoms with van der Waals surface area (Å²) in [4.78, 5) is 9.27. The van der Waals surface area contributed by atoms with E-state index in [1.807, 2.05) is 18.3 Å². The Bertz CT molecular complexity index is 556. The van der Waals surface area contributed by atoms with Gasteiger partial charge in [-0.15, -0.1) is 0 Å². The van der Waals surface area contributed by atoms with Gasteiger partial charge in [-0.3, -0.25) is 0 Å². The Balaban J connectivity index is 1.97. The molecule has 1 fully saturated rings. The summed E-state index contributed by atoms with van der Waals surface area (Å²) in [6.07, 6.45) is 4.00. The van der Waals surface area contributed by atoms with Crippen LogP contribution in [0.2, 0.25) is 0 Å². The molecule has 0 amide bonds. The number of pyridine rings is 1. The van der Waals surface area contributed by atoms with E-state index in [0.29, 0.717) is 11.8 Å². The lowest BCUT2D eigenvalue weighted by Crippen LogP contribution is -2.15. The van der Waals surface area contributed by atoms with Crippen molar-refractivity contribution in [3.63, 3.8) is 0 Å². The van der Waals surface area contributed by atoms with Crippen molar-refractivity contribution in [3.05, 3.63) is 24.2 Å². The fourth-order valence-electron chi connectivity index (χ4n) is 2.70. The van der Waals surface area contributed by atoms with Crippen molar-refractivity contribution in [2.45, 2.75) is 33.2 Å². The van der Waals surface area contributed by atoms with E-state index in [0.717, 1.165) is 49.6 Å². The third-order valence-corrected chi connectivity index (χ3v) is 3.64. The van der Waals surface area contributed by atoms with Crippen molar-refractivity contribution in [2.75, 3.05) is 13.2 Å². The van der Waals surface area contributed by atoms with Crippen LogP contribution in [-0.4, -0.2) is 27.7 Å². The van der Waals surface area contributed by atoms with Crippen LogP contribution in [0.4, 0.5) is 0 Å². The topological polar surface area (TPSA) is 39.9 Å². The van der Waals surface area contributed by atoms with Crippen LogP contribution in [0.3, 0.4) is 0 Å². The van der Waals surface area contributed by atoms with Crippen LogP contribution in [0, 0.1) is 11.8 Å². The van der Waals surface area contributed by atoms with Crippen molar-refractivity contribution in [3.8, 4) is 0 Å². The highest BCUT2D eigenvalue weighted by molar-refractivity contribution is 5.71. The summed E-state index contributed by atoms with van der Waals surface area (Å²) in [6, 6.07) is 4.01. The quantitative estimate of drug-likeness (QED) is 0.847. The molecule has 0 aromatic carbocycles. The second-order valence-corrected chi connectivity index (χ2v) is 5.81. The number of rotatable bonds is 4. The second kappa shape index (κ2) is 5.29. The minimum Gasteiger partial charge on any atom is -0.381 e. The molecule has 1 aliphatic heterocycles. The van der Waals surface area contributed by atoms with Gasteiger partial charge in [0.25, 0.3) is 0 Å². The van der Waals surface area contributed by atoms with Crippen LogP contribution < -0.4 is 0 Å². The van der Waals surface area contributed by atoms with Crippen LogP contribution in [-0.2, 0) is 17.7 Å². The highest BCUT2D eigenvalue weighted by atomic mass is 16.5. The van der Waals surface area contributed by atoms with Gasteiger partial charge in [0.15, 0.2) is 5.65 Å². The molecule has 102 valence electrons. The number of fused-ring (bicyclic) bond motifs is 1. The number of imidazole rings is 1. The van der Waals surface area contributed by atoms with Crippen molar-refractivity contribution in [2.24, 2.45) is 11.8 Å². The van der Waals surface area contributed by atoms with Crippen LogP contribution in [0.15, 0.2) is 18.3 Å². The molecule has 0 bridgehead atoms. The van der Waals surface area contributed by atoms with E-state index in [9.17, 15) is 0 Å². The van der Waals surface area contributed by atoms with Crippen molar-refractivity contribution in [1.29, 1.82) is 0 Å². The van der Waals surface area contributed by atoms with E-state index in [1.54, 1.807) is 0 Å². The maximum absolute atomic E-state index is 5.48. The normalized spacial score (nSPS) is 19.6. The van der Waals surface area contributed by atoms with Gasteiger partial charge in [0.1, 0.15) is 11.3 Å². The molecule has 1 aliphatic rings. The molecule has 4 heteroatoms. The SMILES string of the molecule is CC(C)Cc1nc2cccnc2n1CC1CCOC1. The van der Waals surface area contributed by atoms with Gasteiger partial charge in [-0.2, -0.15) is 0 Å². The molecule has 1 unspecified atom stereocenters. The molecule has 1 saturated heterocycles. The molecular weight excluding hydrogens is 238 g/mol. The minimum atomic E-state index is 0.602. The summed E-state index contributed by atoms with van der Waals surface area (Å²) in [7, 11) is 0. The van der Waals surface area contributed by atoms with Crippen molar-refractivity contribution < 1.29 is 4.74 Å². The summed E-state index contributed by atoms with van der Waals surface area (Å²) in [5.74, 6) is 2.37. The first-order valence-corrected chi connectivity index (χ1v) is 7.12. The lowest BCUT2D eigenvalue weighted by Gasteiger charge is -2.13. The predicted octanol–water partition coefficient (Wildman–Crippen LogP) is 2.67. The predicted molar refractivity (Wildman–Crippen MR) is 75.0 cm³/mol. The maximum atomic E-state index is 5.48. The molecule has 0 aliphatic carbocycles. The van der Waals surface area contributed by atoms with Gasteiger partial charge in [-0.1, -0.05) is 13.8 Å². The molecule has 3 heterocycles.